The van der Waals surface area contributed by atoms with E-state index in [9.17, 15) is 0 Å². The number of oxazole rings is 1. The second kappa shape index (κ2) is 6.65. The number of fused-ring (bicyclic) bond motifs is 1. The Morgan fingerprint density at radius 1 is 1.14 bits per heavy atom. The van der Waals surface area contributed by atoms with E-state index in [1.54, 1.807) is 11.8 Å². The zero-order valence-corrected chi connectivity index (χ0v) is 12.3. The average Bonchev–Trinajstić information content (AvgIpc) is 2.94. The van der Waals surface area contributed by atoms with Gasteiger partial charge in [0, 0.05) is 12.3 Å². The second-order valence-corrected chi connectivity index (χ2v) is 5.54. The van der Waals surface area contributed by atoms with E-state index in [1.165, 1.54) is 0 Å². The van der Waals surface area contributed by atoms with Crippen molar-refractivity contribution in [1.82, 2.24) is 4.98 Å². The molecule has 3 aromatic rings. The third-order valence-electron chi connectivity index (χ3n) is 2.99. The molecule has 21 heavy (non-hydrogen) atoms. The first-order chi connectivity index (χ1) is 10.3. The van der Waals surface area contributed by atoms with Crippen molar-refractivity contribution in [2.75, 3.05) is 12.4 Å². The third kappa shape index (κ3) is 3.56. The highest BCUT2D eigenvalue weighted by molar-refractivity contribution is 7.99. The standard InChI is InChI=1S/C16H16N2O2S/c17-11-12-4-3-5-13(10-12)19-8-9-21-16-18-14-6-1-2-7-15(14)20-16/h1-7,10H,8-9,11,17H2. The minimum atomic E-state index is 0.523. The van der Waals surface area contributed by atoms with Crippen molar-refractivity contribution in [3.63, 3.8) is 0 Å². The first-order valence-electron chi connectivity index (χ1n) is 6.75. The zero-order valence-electron chi connectivity index (χ0n) is 11.5. The fourth-order valence-corrected chi connectivity index (χ4v) is 2.62. The van der Waals surface area contributed by atoms with E-state index in [-0.39, 0.29) is 0 Å². The van der Waals surface area contributed by atoms with Gasteiger partial charge >= 0.3 is 0 Å². The van der Waals surface area contributed by atoms with E-state index in [1.807, 2.05) is 48.5 Å². The lowest BCUT2D eigenvalue weighted by atomic mass is 10.2. The molecule has 0 radical (unpaired) electrons. The molecule has 108 valence electrons. The van der Waals surface area contributed by atoms with Crippen LogP contribution in [0.15, 0.2) is 58.2 Å². The maximum absolute atomic E-state index is 5.70. The van der Waals surface area contributed by atoms with Crippen LogP contribution < -0.4 is 10.5 Å². The largest absolute Gasteiger partial charge is 0.493 e. The predicted molar refractivity (Wildman–Crippen MR) is 84.6 cm³/mol. The van der Waals surface area contributed by atoms with Crippen LogP contribution in [0.1, 0.15) is 5.56 Å². The first-order valence-corrected chi connectivity index (χ1v) is 7.74. The molecule has 3 rings (SSSR count). The van der Waals surface area contributed by atoms with Gasteiger partial charge in [-0.05, 0) is 29.8 Å². The summed E-state index contributed by atoms with van der Waals surface area (Å²) < 4.78 is 11.3. The first kappa shape index (κ1) is 14.0. The molecule has 0 aliphatic rings. The molecule has 1 aromatic heterocycles. The topological polar surface area (TPSA) is 61.3 Å². The Morgan fingerprint density at radius 3 is 2.90 bits per heavy atom. The lowest BCUT2D eigenvalue weighted by molar-refractivity contribution is 0.343. The highest BCUT2D eigenvalue weighted by atomic mass is 32.2. The van der Waals surface area contributed by atoms with Gasteiger partial charge < -0.3 is 14.9 Å². The van der Waals surface area contributed by atoms with Crippen LogP contribution in [0.2, 0.25) is 0 Å². The molecule has 0 fully saturated rings. The summed E-state index contributed by atoms with van der Waals surface area (Å²) in [5.41, 5.74) is 8.38. The van der Waals surface area contributed by atoms with Crippen molar-refractivity contribution < 1.29 is 9.15 Å². The molecule has 5 heteroatoms. The molecule has 0 saturated carbocycles. The van der Waals surface area contributed by atoms with Crippen LogP contribution in [0, 0.1) is 0 Å². The number of benzene rings is 2. The summed E-state index contributed by atoms with van der Waals surface area (Å²) in [6.07, 6.45) is 0. The fourth-order valence-electron chi connectivity index (χ4n) is 1.96. The normalized spacial score (nSPS) is 10.9. The number of nitrogens with two attached hydrogens (primary N) is 1. The second-order valence-electron chi connectivity index (χ2n) is 4.50. The summed E-state index contributed by atoms with van der Waals surface area (Å²) in [5, 5.41) is 0.676. The highest BCUT2D eigenvalue weighted by Crippen LogP contribution is 2.23. The molecule has 0 aliphatic carbocycles. The summed E-state index contributed by atoms with van der Waals surface area (Å²) in [7, 11) is 0. The predicted octanol–water partition coefficient (Wildman–Crippen LogP) is 3.46. The van der Waals surface area contributed by atoms with Crippen molar-refractivity contribution in [2.24, 2.45) is 5.73 Å². The number of nitrogens with zero attached hydrogens (tertiary/aromatic N) is 1. The van der Waals surface area contributed by atoms with E-state index < -0.39 is 0 Å². The van der Waals surface area contributed by atoms with Crippen molar-refractivity contribution in [2.45, 2.75) is 11.8 Å². The Kier molecular flexibility index (Phi) is 4.43. The van der Waals surface area contributed by atoms with Crippen LogP contribution in [0.25, 0.3) is 11.1 Å². The molecular formula is C16H16N2O2S. The molecule has 1 heterocycles. The molecule has 2 N–H and O–H groups in total. The minimum absolute atomic E-state index is 0.523. The Labute approximate surface area is 127 Å². The van der Waals surface area contributed by atoms with Crippen molar-refractivity contribution in [3.8, 4) is 5.75 Å². The van der Waals surface area contributed by atoms with Gasteiger partial charge in [-0.1, -0.05) is 36.0 Å². The number of rotatable bonds is 6. The van der Waals surface area contributed by atoms with Gasteiger partial charge in [0.25, 0.3) is 5.22 Å². The van der Waals surface area contributed by atoms with Gasteiger partial charge in [0.2, 0.25) is 0 Å². The van der Waals surface area contributed by atoms with E-state index in [4.69, 9.17) is 14.9 Å². The SMILES string of the molecule is NCc1cccc(OCCSc2nc3ccccc3o2)c1. The number of hydrogen-bond donors (Lipinski definition) is 1. The average molecular weight is 300 g/mol. The Morgan fingerprint density at radius 2 is 2.05 bits per heavy atom. The summed E-state index contributed by atoms with van der Waals surface area (Å²) >= 11 is 1.55. The minimum Gasteiger partial charge on any atom is -0.493 e. The van der Waals surface area contributed by atoms with E-state index in [0.717, 1.165) is 28.2 Å². The summed E-state index contributed by atoms with van der Waals surface area (Å²) in [6.45, 7) is 1.12. The van der Waals surface area contributed by atoms with Gasteiger partial charge in [0.05, 0.1) is 6.61 Å². The van der Waals surface area contributed by atoms with Crippen LogP contribution in [-0.4, -0.2) is 17.3 Å². The number of thioether (sulfide) groups is 1. The molecule has 2 aromatic carbocycles. The van der Waals surface area contributed by atoms with E-state index >= 15 is 0 Å². The molecule has 4 nitrogen and oxygen atoms in total. The van der Waals surface area contributed by atoms with Crippen molar-refractivity contribution in [3.05, 3.63) is 54.1 Å². The summed E-state index contributed by atoms with van der Waals surface area (Å²) in [4.78, 5) is 4.41. The van der Waals surface area contributed by atoms with Gasteiger partial charge in [-0.2, -0.15) is 0 Å². The van der Waals surface area contributed by atoms with Crippen LogP contribution >= 0.6 is 11.8 Å². The molecule has 0 saturated heterocycles. The lowest BCUT2D eigenvalue weighted by Crippen LogP contribution is -2.01. The Bertz CT molecular complexity index is 694. The van der Waals surface area contributed by atoms with E-state index in [2.05, 4.69) is 4.98 Å². The molecule has 0 unspecified atom stereocenters. The molecule has 0 aliphatic heterocycles. The molecule has 0 spiro atoms. The van der Waals surface area contributed by atoms with Crippen molar-refractivity contribution >= 4 is 22.9 Å². The maximum atomic E-state index is 5.70. The number of para-hydroxylation sites is 2. The smallest absolute Gasteiger partial charge is 0.256 e. The molecule has 0 bridgehead atoms. The van der Waals surface area contributed by atoms with Gasteiger partial charge in [0.15, 0.2) is 5.58 Å². The Balaban J connectivity index is 1.51. The molecule has 0 amide bonds. The van der Waals surface area contributed by atoms with Crippen molar-refractivity contribution in [1.29, 1.82) is 0 Å². The number of hydrogen-bond acceptors (Lipinski definition) is 5. The Hall–Kier alpha value is -1.98. The maximum Gasteiger partial charge on any atom is 0.256 e. The zero-order chi connectivity index (χ0) is 14.5. The van der Waals surface area contributed by atoms with Crippen LogP contribution in [0.4, 0.5) is 0 Å². The third-order valence-corrected chi connectivity index (χ3v) is 3.78. The summed E-state index contributed by atoms with van der Waals surface area (Å²) in [6, 6.07) is 15.6. The number of aromatic nitrogens is 1. The monoisotopic (exact) mass is 300 g/mol. The van der Waals surface area contributed by atoms with E-state index in [0.29, 0.717) is 18.4 Å². The van der Waals surface area contributed by atoms with Gasteiger partial charge in [-0.3, -0.25) is 0 Å². The van der Waals surface area contributed by atoms with Gasteiger partial charge in [0.1, 0.15) is 11.3 Å². The molecular weight excluding hydrogens is 284 g/mol. The van der Waals surface area contributed by atoms with Crippen LogP contribution in [-0.2, 0) is 6.54 Å². The van der Waals surface area contributed by atoms with Crippen LogP contribution in [0.5, 0.6) is 5.75 Å². The molecule has 0 atom stereocenters. The van der Waals surface area contributed by atoms with Gasteiger partial charge in [-0.25, -0.2) is 4.98 Å². The quantitative estimate of drug-likeness (QED) is 0.558. The van der Waals surface area contributed by atoms with Gasteiger partial charge in [-0.15, -0.1) is 0 Å². The lowest BCUT2D eigenvalue weighted by Gasteiger charge is -2.06. The highest BCUT2D eigenvalue weighted by Gasteiger charge is 2.05. The number of ether oxygens (including phenoxy) is 1. The summed E-state index contributed by atoms with van der Waals surface area (Å²) in [5.74, 6) is 1.62. The van der Waals surface area contributed by atoms with Crippen LogP contribution in [0.3, 0.4) is 0 Å². The fraction of sp³-hybridized carbons (Fsp3) is 0.188.